The Hall–Kier alpha value is -1.17. The average Bonchev–Trinajstić information content (AvgIpc) is 2.25. The molecule has 0 amide bonds. The summed E-state index contributed by atoms with van der Waals surface area (Å²) in [6.07, 6.45) is -0.982. The highest BCUT2D eigenvalue weighted by molar-refractivity contribution is 5.36. The maximum absolute atomic E-state index is 13.0. The van der Waals surface area contributed by atoms with Gasteiger partial charge in [-0.3, -0.25) is 0 Å². The summed E-state index contributed by atoms with van der Waals surface area (Å²) in [7, 11) is 0. The van der Waals surface area contributed by atoms with Crippen molar-refractivity contribution in [3.63, 3.8) is 0 Å². The van der Waals surface area contributed by atoms with E-state index in [0.717, 1.165) is 0 Å². The number of rotatable bonds is 5. The zero-order valence-electron chi connectivity index (χ0n) is 9.06. The number of ether oxygens (including phenoxy) is 1. The van der Waals surface area contributed by atoms with E-state index >= 15 is 0 Å². The summed E-state index contributed by atoms with van der Waals surface area (Å²) in [6, 6.07) is 3.76. The highest BCUT2D eigenvalue weighted by Gasteiger charge is 2.11. The van der Waals surface area contributed by atoms with Gasteiger partial charge < -0.3 is 20.7 Å². The molecule has 1 rings (SSSR count). The van der Waals surface area contributed by atoms with Crippen molar-refractivity contribution < 1.29 is 19.3 Å². The Balaban J connectivity index is 2.80. The number of nitrogens with two attached hydrogens (primary N) is 1. The second-order valence-corrected chi connectivity index (χ2v) is 3.62. The molecule has 16 heavy (non-hydrogen) atoms. The van der Waals surface area contributed by atoms with Gasteiger partial charge in [-0.25, -0.2) is 4.39 Å². The average molecular weight is 229 g/mol. The molecule has 0 saturated heterocycles. The molecule has 0 fully saturated rings. The predicted octanol–water partition coefficient (Wildman–Crippen LogP) is 0.577. The topological polar surface area (TPSA) is 75.7 Å². The van der Waals surface area contributed by atoms with Gasteiger partial charge in [-0.15, -0.1) is 0 Å². The first kappa shape index (κ1) is 12.9. The van der Waals surface area contributed by atoms with E-state index in [-0.39, 0.29) is 12.6 Å². The molecule has 4 N–H and O–H groups in total. The molecule has 0 aliphatic heterocycles. The molecule has 4 nitrogen and oxygen atoms in total. The second kappa shape index (κ2) is 5.79. The van der Waals surface area contributed by atoms with Gasteiger partial charge in [-0.1, -0.05) is 6.07 Å². The van der Waals surface area contributed by atoms with E-state index in [0.29, 0.717) is 11.3 Å². The Morgan fingerprint density at radius 2 is 2.19 bits per heavy atom. The standard InChI is InChI=1S/C11H16FNO3/c1-7(13)10-3-2-8(12)4-11(10)16-6-9(15)5-14/h2-4,7,9,14-15H,5-6,13H2,1H3/t7-,9?/m1/s1. The van der Waals surface area contributed by atoms with Crippen LogP contribution in [0.2, 0.25) is 0 Å². The highest BCUT2D eigenvalue weighted by atomic mass is 19.1. The molecule has 5 heteroatoms. The van der Waals surface area contributed by atoms with Crippen LogP contribution in [0, 0.1) is 5.82 Å². The highest BCUT2D eigenvalue weighted by Crippen LogP contribution is 2.24. The smallest absolute Gasteiger partial charge is 0.127 e. The minimum absolute atomic E-state index is 0.0975. The minimum Gasteiger partial charge on any atom is -0.490 e. The molecule has 90 valence electrons. The molecule has 0 radical (unpaired) electrons. The minimum atomic E-state index is -0.982. The van der Waals surface area contributed by atoms with Crippen molar-refractivity contribution in [2.75, 3.05) is 13.2 Å². The lowest BCUT2D eigenvalue weighted by molar-refractivity contribution is 0.0531. The number of halogens is 1. The molecule has 0 aliphatic rings. The summed E-state index contributed by atoms with van der Waals surface area (Å²) in [5.74, 6) is -0.139. The first-order chi connectivity index (χ1) is 7.54. The van der Waals surface area contributed by atoms with Crippen LogP contribution in [0.1, 0.15) is 18.5 Å². The van der Waals surface area contributed by atoms with E-state index in [1.165, 1.54) is 12.1 Å². The summed E-state index contributed by atoms with van der Waals surface area (Å²) in [4.78, 5) is 0. The monoisotopic (exact) mass is 229 g/mol. The Bertz CT molecular complexity index is 344. The molecular weight excluding hydrogens is 213 g/mol. The van der Waals surface area contributed by atoms with E-state index in [1.807, 2.05) is 0 Å². The predicted molar refractivity (Wildman–Crippen MR) is 57.6 cm³/mol. The van der Waals surface area contributed by atoms with Crippen LogP contribution in [0.15, 0.2) is 18.2 Å². The summed E-state index contributed by atoms with van der Waals surface area (Å²) < 4.78 is 18.2. The van der Waals surface area contributed by atoms with E-state index in [4.69, 9.17) is 20.7 Å². The maximum Gasteiger partial charge on any atom is 0.127 e. The number of aliphatic hydroxyl groups excluding tert-OH is 2. The normalized spacial score (nSPS) is 14.6. The van der Waals surface area contributed by atoms with Crippen LogP contribution in [0.4, 0.5) is 4.39 Å². The van der Waals surface area contributed by atoms with Crippen molar-refractivity contribution in [3.05, 3.63) is 29.6 Å². The van der Waals surface area contributed by atoms with Crippen LogP contribution in [-0.2, 0) is 0 Å². The van der Waals surface area contributed by atoms with Crippen LogP contribution in [-0.4, -0.2) is 29.5 Å². The fourth-order valence-electron chi connectivity index (χ4n) is 1.25. The SMILES string of the molecule is C[C@@H](N)c1ccc(F)cc1OCC(O)CO. The van der Waals surface area contributed by atoms with Crippen molar-refractivity contribution in [1.82, 2.24) is 0 Å². The molecule has 0 heterocycles. The number of hydrogen-bond acceptors (Lipinski definition) is 4. The van der Waals surface area contributed by atoms with Crippen molar-refractivity contribution in [1.29, 1.82) is 0 Å². The third kappa shape index (κ3) is 3.44. The largest absolute Gasteiger partial charge is 0.490 e. The first-order valence-corrected chi connectivity index (χ1v) is 5.01. The van der Waals surface area contributed by atoms with E-state index < -0.39 is 18.5 Å². The van der Waals surface area contributed by atoms with E-state index in [2.05, 4.69) is 0 Å². The van der Waals surface area contributed by atoms with Gasteiger partial charge in [0, 0.05) is 17.7 Å². The zero-order valence-corrected chi connectivity index (χ0v) is 9.06. The summed E-state index contributed by atoms with van der Waals surface area (Å²) in [5, 5.41) is 17.7. The van der Waals surface area contributed by atoms with Crippen molar-refractivity contribution in [2.45, 2.75) is 19.1 Å². The molecule has 0 aliphatic carbocycles. The van der Waals surface area contributed by atoms with Crippen molar-refractivity contribution >= 4 is 0 Å². The van der Waals surface area contributed by atoms with Gasteiger partial charge in [0.2, 0.25) is 0 Å². The number of benzene rings is 1. The van der Waals surface area contributed by atoms with Crippen LogP contribution < -0.4 is 10.5 Å². The van der Waals surface area contributed by atoms with Gasteiger partial charge in [0.15, 0.2) is 0 Å². The summed E-state index contributed by atoms with van der Waals surface area (Å²) in [5.41, 5.74) is 6.35. The van der Waals surface area contributed by atoms with Crippen molar-refractivity contribution in [3.8, 4) is 5.75 Å². The molecule has 1 unspecified atom stereocenters. The molecule has 1 aromatic carbocycles. The van der Waals surface area contributed by atoms with Gasteiger partial charge in [-0.2, -0.15) is 0 Å². The fourth-order valence-corrected chi connectivity index (χ4v) is 1.25. The fraction of sp³-hybridized carbons (Fsp3) is 0.455. The Labute approximate surface area is 93.5 Å². The van der Waals surface area contributed by atoms with Gasteiger partial charge in [-0.05, 0) is 13.0 Å². The molecule has 1 aromatic rings. The van der Waals surface area contributed by atoms with Gasteiger partial charge in [0.05, 0.1) is 6.61 Å². The molecule has 0 bridgehead atoms. The second-order valence-electron chi connectivity index (χ2n) is 3.62. The van der Waals surface area contributed by atoms with E-state index in [9.17, 15) is 4.39 Å². The lowest BCUT2D eigenvalue weighted by atomic mass is 10.1. The van der Waals surface area contributed by atoms with Crippen LogP contribution in [0.5, 0.6) is 5.75 Å². The summed E-state index contributed by atoms with van der Waals surface area (Å²) >= 11 is 0. The molecule has 0 spiro atoms. The van der Waals surface area contributed by atoms with Gasteiger partial charge in [0.25, 0.3) is 0 Å². The zero-order chi connectivity index (χ0) is 12.1. The summed E-state index contributed by atoms with van der Waals surface area (Å²) in [6.45, 7) is 1.26. The lowest BCUT2D eigenvalue weighted by Gasteiger charge is -2.15. The van der Waals surface area contributed by atoms with Crippen LogP contribution in [0.3, 0.4) is 0 Å². The van der Waals surface area contributed by atoms with Gasteiger partial charge in [0.1, 0.15) is 24.3 Å². The lowest BCUT2D eigenvalue weighted by Crippen LogP contribution is -2.22. The first-order valence-electron chi connectivity index (χ1n) is 5.01. The van der Waals surface area contributed by atoms with Crippen LogP contribution >= 0.6 is 0 Å². The van der Waals surface area contributed by atoms with E-state index in [1.54, 1.807) is 13.0 Å². The molecule has 0 aromatic heterocycles. The number of hydrogen-bond donors (Lipinski definition) is 3. The van der Waals surface area contributed by atoms with Crippen LogP contribution in [0.25, 0.3) is 0 Å². The Kier molecular flexibility index (Phi) is 4.67. The Morgan fingerprint density at radius 3 is 2.75 bits per heavy atom. The third-order valence-corrected chi connectivity index (χ3v) is 2.11. The van der Waals surface area contributed by atoms with Gasteiger partial charge >= 0.3 is 0 Å². The Morgan fingerprint density at radius 1 is 1.50 bits per heavy atom. The molecule has 2 atom stereocenters. The quantitative estimate of drug-likeness (QED) is 0.690. The maximum atomic E-state index is 13.0. The molecular formula is C11H16FNO3. The van der Waals surface area contributed by atoms with Crippen molar-refractivity contribution in [2.24, 2.45) is 5.73 Å². The molecule has 0 saturated carbocycles. The number of aliphatic hydroxyl groups is 2. The third-order valence-electron chi connectivity index (χ3n) is 2.11.